The zero-order valence-corrected chi connectivity index (χ0v) is 27.8. The second-order valence-corrected chi connectivity index (χ2v) is 12.9. The van der Waals surface area contributed by atoms with Crippen LogP contribution in [0.1, 0.15) is 48.9 Å². The van der Waals surface area contributed by atoms with E-state index >= 15 is 0 Å². The van der Waals surface area contributed by atoms with Gasteiger partial charge in [0.25, 0.3) is 0 Å². The summed E-state index contributed by atoms with van der Waals surface area (Å²) in [7, 11) is 1.60. The molecule has 1 aromatic heterocycles. The Kier molecular flexibility index (Phi) is 9.31. The average molecular weight is 663 g/mol. The zero-order valence-electron chi connectivity index (χ0n) is 27.8. The highest BCUT2D eigenvalue weighted by Gasteiger charge is 2.30. The quantitative estimate of drug-likeness (QED) is 0.157. The lowest BCUT2D eigenvalue weighted by Gasteiger charge is -2.20. The number of nitrogens with one attached hydrogen (secondary N) is 1. The van der Waals surface area contributed by atoms with Gasteiger partial charge in [-0.25, -0.2) is 14.4 Å². The van der Waals surface area contributed by atoms with Crippen molar-refractivity contribution in [3.05, 3.63) is 119 Å². The maximum atomic E-state index is 13.3. The number of carboxylic acid groups (broad SMARTS) is 1. The Bertz CT molecular complexity index is 1960. The lowest BCUT2D eigenvalue weighted by molar-refractivity contribution is -0.139. The summed E-state index contributed by atoms with van der Waals surface area (Å²) in [6.45, 7) is 5.61. The van der Waals surface area contributed by atoms with Crippen LogP contribution in [0.3, 0.4) is 0 Å². The molecule has 1 aliphatic carbocycles. The minimum atomic E-state index is -1.33. The van der Waals surface area contributed by atoms with Crippen LogP contribution in [-0.4, -0.2) is 53.2 Å². The molecule has 252 valence electrons. The second kappa shape index (κ2) is 13.8. The van der Waals surface area contributed by atoms with Crippen molar-refractivity contribution in [2.45, 2.75) is 51.4 Å². The molecule has 1 aliphatic rings. The van der Waals surface area contributed by atoms with Crippen LogP contribution in [0.25, 0.3) is 22.0 Å². The molecule has 0 spiro atoms. The van der Waals surface area contributed by atoms with Crippen molar-refractivity contribution in [2.24, 2.45) is 0 Å². The van der Waals surface area contributed by atoms with Gasteiger partial charge in [-0.2, -0.15) is 0 Å². The number of hydrogen-bond acceptors (Lipinski definition) is 7. The van der Waals surface area contributed by atoms with Gasteiger partial charge >= 0.3 is 18.2 Å². The summed E-state index contributed by atoms with van der Waals surface area (Å²) >= 11 is 0. The standard InChI is InChI=1S/C39H38N2O8/c1-39(2,3)49-38(45)41-21-25(28-18-17-27(20-35(28)41)47-22-24-13-15-26(46-4)16-14-24)19-34(36(42)43)40-37(44)48-23-33-31-11-7-5-9-29(31)30-10-6-8-12-32(30)33/h5-18,20-21,33-34H,19,22-23H2,1-4H3,(H,40,44)(H,42,43)/t34-/m0/s1. The molecule has 1 amide bonds. The fraction of sp³-hybridized carbons (Fsp3) is 0.256. The van der Waals surface area contributed by atoms with Crippen molar-refractivity contribution >= 4 is 29.1 Å². The first-order valence-electron chi connectivity index (χ1n) is 16.0. The van der Waals surface area contributed by atoms with E-state index in [-0.39, 0.29) is 25.6 Å². The highest BCUT2D eigenvalue weighted by atomic mass is 16.6. The topological polar surface area (TPSA) is 125 Å². The molecule has 4 aromatic carbocycles. The van der Waals surface area contributed by atoms with E-state index < -0.39 is 29.8 Å². The molecule has 0 unspecified atom stereocenters. The Balaban J connectivity index is 1.20. The Morgan fingerprint density at radius 2 is 1.51 bits per heavy atom. The fourth-order valence-electron chi connectivity index (χ4n) is 6.08. The third-order valence-electron chi connectivity index (χ3n) is 8.37. The molecule has 5 aromatic rings. The maximum Gasteiger partial charge on any atom is 0.419 e. The molecule has 0 saturated heterocycles. The molecular formula is C39H38N2O8. The molecule has 1 atom stereocenters. The van der Waals surface area contributed by atoms with E-state index in [1.807, 2.05) is 72.8 Å². The van der Waals surface area contributed by atoms with Crippen LogP contribution >= 0.6 is 0 Å². The summed E-state index contributed by atoms with van der Waals surface area (Å²) < 4.78 is 23.9. The van der Waals surface area contributed by atoms with E-state index in [0.29, 0.717) is 22.2 Å². The van der Waals surface area contributed by atoms with E-state index in [0.717, 1.165) is 33.6 Å². The Morgan fingerprint density at radius 3 is 2.12 bits per heavy atom. The number of amides is 1. The van der Waals surface area contributed by atoms with Gasteiger partial charge in [0, 0.05) is 30.0 Å². The number of nitrogens with zero attached hydrogens (tertiary/aromatic N) is 1. The number of rotatable bonds is 10. The Morgan fingerprint density at radius 1 is 0.878 bits per heavy atom. The van der Waals surface area contributed by atoms with Gasteiger partial charge in [-0.05, 0) is 78.4 Å². The zero-order chi connectivity index (χ0) is 34.7. The summed E-state index contributed by atoms with van der Waals surface area (Å²) in [6.07, 6.45) is -0.0501. The van der Waals surface area contributed by atoms with Crippen molar-refractivity contribution in [3.63, 3.8) is 0 Å². The van der Waals surface area contributed by atoms with Crippen LogP contribution in [0.15, 0.2) is 97.2 Å². The van der Waals surface area contributed by atoms with E-state index in [1.165, 1.54) is 4.57 Å². The van der Waals surface area contributed by atoms with Crippen molar-refractivity contribution in [2.75, 3.05) is 13.7 Å². The number of methoxy groups -OCH3 is 1. The molecule has 2 N–H and O–H groups in total. The number of aromatic nitrogens is 1. The fourth-order valence-corrected chi connectivity index (χ4v) is 6.08. The molecule has 0 saturated carbocycles. The smallest absolute Gasteiger partial charge is 0.419 e. The van der Waals surface area contributed by atoms with Crippen LogP contribution in [0, 0.1) is 0 Å². The molecule has 10 nitrogen and oxygen atoms in total. The summed E-state index contributed by atoms with van der Waals surface area (Å²) in [5.74, 6) is -0.175. The predicted octanol–water partition coefficient (Wildman–Crippen LogP) is 7.55. The maximum absolute atomic E-state index is 13.3. The number of aliphatic carboxylic acids is 1. The largest absolute Gasteiger partial charge is 0.497 e. The molecular weight excluding hydrogens is 624 g/mol. The van der Waals surface area contributed by atoms with Gasteiger partial charge in [0.1, 0.15) is 36.4 Å². The predicted molar refractivity (Wildman–Crippen MR) is 184 cm³/mol. The minimum absolute atomic E-state index is 0.0451. The van der Waals surface area contributed by atoms with Crippen LogP contribution in [0.5, 0.6) is 11.5 Å². The highest BCUT2D eigenvalue weighted by Crippen LogP contribution is 2.44. The summed E-state index contributed by atoms with van der Waals surface area (Å²) in [5, 5.41) is 13.3. The molecule has 0 bridgehead atoms. The van der Waals surface area contributed by atoms with E-state index in [4.69, 9.17) is 18.9 Å². The summed E-state index contributed by atoms with van der Waals surface area (Å²) in [6, 6.07) is 27.3. The molecule has 6 rings (SSSR count). The van der Waals surface area contributed by atoms with E-state index in [1.54, 1.807) is 52.3 Å². The first-order valence-corrected chi connectivity index (χ1v) is 16.0. The van der Waals surface area contributed by atoms with Gasteiger partial charge in [-0.1, -0.05) is 60.7 Å². The SMILES string of the molecule is COc1ccc(COc2ccc3c(C[C@H](NC(=O)OCC4c5ccccc5-c5ccccc54)C(=O)O)cn(C(=O)OC(C)(C)C)c3c2)cc1. The summed E-state index contributed by atoms with van der Waals surface area (Å²) in [4.78, 5) is 38.7. The van der Waals surface area contributed by atoms with E-state index in [2.05, 4.69) is 5.32 Å². The van der Waals surface area contributed by atoms with Crippen LogP contribution < -0.4 is 14.8 Å². The molecule has 10 heteroatoms. The second-order valence-electron chi connectivity index (χ2n) is 12.9. The number of carboxylic acids is 1. The number of carbonyl (C=O) groups is 3. The monoisotopic (exact) mass is 662 g/mol. The van der Waals surface area contributed by atoms with E-state index in [9.17, 15) is 19.5 Å². The van der Waals surface area contributed by atoms with Crippen molar-refractivity contribution in [1.29, 1.82) is 0 Å². The number of benzene rings is 4. The third-order valence-corrected chi connectivity index (χ3v) is 8.37. The first kappa shape index (κ1) is 33.1. The lowest BCUT2D eigenvalue weighted by atomic mass is 9.98. The first-order chi connectivity index (χ1) is 23.5. The Hall–Kier alpha value is -5.77. The lowest BCUT2D eigenvalue weighted by Crippen LogP contribution is -2.42. The third kappa shape index (κ3) is 7.38. The normalized spacial score (nSPS) is 12.9. The molecule has 0 radical (unpaired) electrons. The van der Waals surface area contributed by atoms with Gasteiger partial charge in [-0.3, -0.25) is 4.57 Å². The number of alkyl carbamates (subject to hydrolysis) is 1. The molecule has 49 heavy (non-hydrogen) atoms. The van der Waals surface area contributed by atoms with Crippen LogP contribution in [-0.2, 0) is 27.3 Å². The molecule has 0 fully saturated rings. The van der Waals surface area contributed by atoms with Gasteiger partial charge in [0.2, 0.25) is 0 Å². The number of hydrogen-bond donors (Lipinski definition) is 2. The van der Waals surface area contributed by atoms with Crippen LogP contribution in [0.2, 0.25) is 0 Å². The van der Waals surface area contributed by atoms with Crippen LogP contribution in [0.4, 0.5) is 9.59 Å². The molecule has 0 aliphatic heterocycles. The number of fused-ring (bicyclic) bond motifs is 4. The average Bonchev–Trinajstić information content (AvgIpc) is 3.60. The Labute approximate surface area is 284 Å². The summed E-state index contributed by atoms with van der Waals surface area (Å²) in [5.41, 5.74) is 5.42. The number of carbonyl (C=O) groups excluding carboxylic acids is 2. The van der Waals surface area contributed by atoms with Gasteiger partial charge in [0.05, 0.1) is 12.6 Å². The van der Waals surface area contributed by atoms with Crippen molar-refractivity contribution < 1.29 is 38.4 Å². The molecule has 1 heterocycles. The highest BCUT2D eigenvalue weighted by molar-refractivity contribution is 5.93. The van der Waals surface area contributed by atoms with Gasteiger partial charge in [-0.15, -0.1) is 0 Å². The number of ether oxygens (including phenoxy) is 4. The van der Waals surface area contributed by atoms with Crippen molar-refractivity contribution in [3.8, 4) is 22.6 Å². The van der Waals surface area contributed by atoms with Gasteiger partial charge in [0.15, 0.2) is 0 Å². The van der Waals surface area contributed by atoms with Crippen molar-refractivity contribution in [1.82, 2.24) is 9.88 Å². The minimum Gasteiger partial charge on any atom is -0.497 e. The van der Waals surface area contributed by atoms with Gasteiger partial charge < -0.3 is 29.4 Å².